The van der Waals surface area contributed by atoms with Crippen molar-refractivity contribution < 1.29 is 0 Å². The number of likely N-dealkylation sites (N-methyl/N-ethyl adjacent to an activating group) is 1. The van der Waals surface area contributed by atoms with Gasteiger partial charge in [-0.15, -0.1) is 0 Å². The highest BCUT2D eigenvalue weighted by molar-refractivity contribution is 7.97. The minimum atomic E-state index is 0.663. The topological polar surface area (TPSA) is 44.9 Å². The lowest BCUT2D eigenvalue weighted by atomic mass is 10.3. The molecule has 5 heteroatoms. The highest BCUT2D eigenvalue weighted by atomic mass is 32.2. The van der Waals surface area contributed by atoms with Crippen molar-refractivity contribution in [2.24, 2.45) is 10.1 Å². The molecule has 1 rings (SSSR count). The molecule has 0 aromatic heterocycles. The van der Waals surface area contributed by atoms with Gasteiger partial charge in [0.05, 0.1) is 0 Å². The summed E-state index contributed by atoms with van der Waals surface area (Å²) in [5, 5.41) is 0. The van der Waals surface area contributed by atoms with Crippen LogP contribution in [0, 0.1) is 0 Å². The van der Waals surface area contributed by atoms with E-state index in [1.54, 1.807) is 0 Å². The molecule has 2 N–H and O–H groups in total. The molecular weight excluding hydrogens is 172 g/mol. The van der Waals surface area contributed by atoms with Crippen molar-refractivity contribution in [1.82, 2.24) is 9.80 Å². The zero-order valence-electron chi connectivity index (χ0n) is 7.66. The van der Waals surface area contributed by atoms with Crippen molar-refractivity contribution in [3.8, 4) is 0 Å². The molecule has 1 fully saturated rings. The van der Waals surface area contributed by atoms with Crippen molar-refractivity contribution in [1.29, 1.82) is 0 Å². The van der Waals surface area contributed by atoms with Crippen molar-refractivity contribution in [3.63, 3.8) is 0 Å². The minimum Gasteiger partial charge on any atom is -0.369 e. The molecule has 0 atom stereocenters. The molecule has 1 heterocycles. The second-order valence-electron chi connectivity index (χ2n) is 2.92. The summed E-state index contributed by atoms with van der Waals surface area (Å²) in [6.45, 7) is 4.13. The van der Waals surface area contributed by atoms with Crippen LogP contribution in [0.25, 0.3) is 0 Å². The summed E-state index contributed by atoms with van der Waals surface area (Å²) < 4.78 is 4.09. The second-order valence-corrected chi connectivity index (χ2v) is 3.47. The smallest absolute Gasteiger partial charge is 0.203 e. The van der Waals surface area contributed by atoms with Crippen LogP contribution in [-0.4, -0.2) is 55.2 Å². The number of guanidine groups is 1. The zero-order chi connectivity index (χ0) is 8.97. The monoisotopic (exact) mass is 188 g/mol. The summed E-state index contributed by atoms with van der Waals surface area (Å²) in [7, 11) is 2.12. The number of nitrogens with two attached hydrogens (primary N) is 1. The summed E-state index contributed by atoms with van der Waals surface area (Å²) in [6, 6.07) is 0. The SMILES string of the molecule is CSN=C(N)N1CCN(C)CC1. The van der Waals surface area contributed by atoms with E-state index < -0.39 is 0 Å². The van der Waals surface area contributed by atoms with Crippen LogP contribution in [0.15, 0.2) is 4.40 Å². The van der Waals surface area contributed by atoms with E-state index in [0.29, 0.717) is 5.96 Å². The van der Waals surface area contributed by atoms with Gasteiger partial charge in [0.15, 0.2) is 0 Å². The van der Waals surface area contributed by atoms with Gasteiger partial charge in [-0.25, -0.2) is 0 Å². The van der Waals surface area contributed by atoms with Crippen LogP contribution >= 0.6 is 11.9 Å². The summed E-state index contributed by atoms with van der Waals surface area (Å²) in [4.78, 5) is 4.42. The molecule has 0 radical (unpaired) electrons. The van der Waals surface area contributed by atoms with E-state index in [4.69, 9.17) is 5.73 Å². The van der Waals surface area contributed by atoms with Gasteiger partial charge in [0, 0.05) is 32.4 Å². The van der Waals surface area contributed by atoms with Crippen molar-refractivity contribution >= 4 is 17.9 Å². The third-order valence-electron chi connectivity index (χ3n) is 2.01. The molecule has 0 unspecified atom stereocenters. The second kappa shape index (κ2) is 4.57. The molecule has 0 saturated carbocycles. The van der Waals surface area contributed by atoms with E-state index in [-0.39, 0.29) is 0 Å². The Labute approximate surface area is 77.9 Å². The Morgan fingerprint density at radius 1 is 1.33 bits per heavy atom. The van der Waals surface area contributed by atoms with Crippen LogP contribution < -0.4 is 5.73 Å². The number of hydrogen-bond donors (Lipinski definition) is 1. The van der Waals surface area contributed by atoms with Crippen molar-refractivity contribution in [2.75, 3.05) is 39.5 Å². The molecule has 0 amide bonds. The van der Waals surface area contributed by atoms with Crippen molar-refractivity contribution in [2.45, 2.75) is 0 Å². The number of piperazine rings is 1. The molecule has 0 bridgehead atoms. The van der Waals surface area contributed by atoms with Gasteiger partial charge in [-0.3, -0.25) is 0 Å². The lowest BCUT2D eigenvalue weighted by Gasteiger charge is -2.32. The molecular formula is C7H16N4S. The van der Waals surface area contributed by atoms with Crippen LogP contribution in [-0.2, 0) is 0 Å². The first-order chi connectivity index (χ1) is 5.74. The Morgan fingerprint density at radius 2 is 1.92 bits per heavy atom. The fraction of sp³-hybridized carbons (Fsp3) is 0.857. The van der Waals surface area contributed by atoms with Crippen molar-refractivity contribution in [3.05, 3.63) is 0 Å². The van der Waals surface area contributed by atoms with E-state index in [0.717, 1.165) is 26.2 Å². The first kappa shape index (κ1) is 9.67. The van der Waals surface area contributed by atoms with Crippen LogP contribution in [0.5, 0.6) is 0 Å². The van der Waals surface area contributed by atoms with Gasteiger partial charge in [0.2, 0.25) is 5.96 Å². The molecule has 0 spiro atoms. The Balaban J connectivity index is 2.39. The highest BCUT2D eigenvalue weighted by Crippen LogP contribution is 2.01. The van der Waals surface area contributed by atoms with Gasteiger partial charge >= 0.3 is 0 Å². The number of rotatable bonds is 1. The summed E-state index contributed by atoms with van der Waals surface area (Å²) in [5.74, 6) is 0.663. The molecule has 0 aliphatic carbocycles. The van der Waals surface area contributed by atoms with Crippen LogP contribution in [0.3, 0.4) is 0 Å². The number of hydrogen-bond acceptors (Lipinski definition) is 3. The fourth-order valence-corrected chi connectivity index (χ4v) is 1.49. The molecule has 0 aromatic carbocycles. The molecule has 4 nitrogen and oxygen atoms in total. The highest BCUT2D eigenvalue weighted by Gasteiger charge is 2.14. The van der Waals surface area contributed by atoms with E-state index in [9.17, 15) is 0 Å². The quantitative estimate of drug-likeness (QED) is 0.352. The van der Waals surface area contributed by atoms with Gasteiger partial charge in [0.1, 0.15) is 0 Å². The third-order valence-corrected chi connectivity index (χ3v) is 2.38. The van der Waals surface area contributed by atoms with Gasteiger partial charge in [0.25, 0.3) is 0 Å². The predicted octanol–water partition coefficient (Wildman–Crippen LogP) is -0.173. The molecule has 70 valence electrons. The molecule has 1 aliphatic rings. The summed E-state index contributed by atoms with van der Waals surface area (Å²) >= 11 is 1.41. The largest absolute Gasteiger partial charge is 0.369 e. The van der Waals surface area contributed by atoms with E-state index in [2.05, 4.69) is 21.2 Å². The summed E-state index contributed by atoms with van der Waals surface area (Å²) in [5.41, 5.74) is 5.74. The fourth-order valence-electron chi connectivity index (χ4n) is 1.19. The Bertz CT molecular complexity index is 163. The normalized spacial score (nSPS) is 21.5. The maximum Gasteiger partial charge on any atom is 0.203 e. The standard InChI is InChI=1S/C7H16N4S/c1-10-3-5-11(6-4-10)7(8)9-12-2/h3-6H2,1-2H3,(H2,8,9). The predicted molar refractivity (Wildman–Crippen MR) is 54.2 cm³/mol. The molecule has 12 heavy (non-hydrogen) atoms. The first-order valence-corrected chi connectivity index (χ1v) is 5.22. The lowest BCUT2D eigenvalue weighted by Crippen LogP contribution is -2.49. The molecule has 1 saturated heterocycles. The van der Waals surface area contributed by atoms with Gasteiger partial charge in [-0.2, -0.15) is 4.40 Å². The maximum atomic E-state index is 5.74. The van der Waals surface area contributed by atoms with Gasteiger partial charge < -0.3 is 15.5 Å². The molecule has 0 aromatic rings. The van der Waals surface area contributed by atoms with E-state index in [1.165, 1.54) is 11.9 Å². The van der Waals surface area contributed by atoms with Crippen LogP contribution in [0.2, 0.25) is 0 Å². The zero-order valence-corrected chi connectivity index (χ0v) is 8.47. The van der Waals surface area contributed by atoms with E-state index >= 15 is 0 Å². The Hall–Kier alpha value is -0.420. The lowest BCUT2D eigenvalue weighted by molar-refractivity contribution is 0.214. The van der Waals surface area contributed by atoms with Gasteiger partial charge in [-0.05, 0) is 19.0 Å². The van der Waals surface area contributed by atoms with E-state index in [1.807, 2.05) is 6.26 Å². The average molecular weight is 188 g/mol. The first-order valence-electron chi connectivity index (χ1n) is 4.04. The van der Waals surface area contributed by atoms with Gasteiger partial charge in [-0.1, -0.05) is 0 Å². The van der Waals surface area contributed by atoms with Crippen LogP contribution in [0.4, 0.5) is 0 Å². The minimum absolute atomic E-state index is 0.663. The average Bonchev–Trinajstić information content (AvgIpc) is 2.06. The number of nitrogens with zero attached hydrogens (tertiary/aromatic N) is 3. The molecule has 1 aliphatic heterocycles. The van der Waals surface area contributed by atoms with Crippen LogP contribution in [0.1, 0.15) is 0 Å². The Morgan fingerprint density at radius 3 is 2.42 bits per heavy atom. The Kier molecular flexibility index (Phi) is 3.68. The summed E-state index contributed by atoms with van der Waals surface area (Å²) in [6.07, 6.45) is 1.92. The third kappa shape index (κ3) is 2.57. The maximum absolute atomic E-state index is 5.74.